The molecule has 0 bridgehead atoms. The van der Waals surface area contributed by atoms with Crippen LogP contribution in [0.2, 0.25) is 0 Å². The van der Waals surface area contributed by atoms with Gasteiger partial charge in [0.2, 0.25) is 0 Å². The normalized spacial score (nSPS) is 10.2. The summed E-state index contributed by atoms with van der Waals surface area (Å²) in [5.74, 6) is -0.391. The Bertz CT molecular complexity index is 816. The van der Waals surface area contributed by atoms with Crippen LogP contribution in [0.4, 0.5) is 11.4 Å². The molecule has 2 aromatic rings. The van der Waals surface area contributed by atoms with Crippen LogP contribution in [-0.2, 0) is 6.54 Å². The number of hydrogen-bond donors (Lipinski definition) is 1. The molecule has 2 aromatic carbocycles. The van der Waals surface area contributed by atoms with E-state index in [1.165, 1.54) is 13.0 Å². The van der Waals surface area contributed by atoms with Crippen molar-refractivity contribution in [1.29, 1.82) is 0 Å². The highest BCUT2D eigenvalue weighted by molar-refractivity contribution is 5.95. The number of hydrogen-bond acceptors (Lipinski definition) is 5. The number of carbonyl (C=O) groups excluding carboxylic acids is 2. The number of nitro groups is 1. The first-order chi connectivity index (χ1) is 11.8. The van der Waals surface area contributed by atoms with E-state index in [2.05, 4.69) is 5.32 Å². The van der Waals surface area contributed by atoms with Crippen molar-refractivity contribution < 1.29 is 14.5 Å². The van der Waals surface area contributed by atoms with Gasteiger partial charge in [0, 0.05) is 37.8 Å². The fourth-order valence-corrected chi connectivity index (χ4v) is 2.48. The molecule has 0 unspecified atom stereocenters. The quantitative estimate of drug-likeness (QED) is 0.495. The molecule has 0 heterocycles. The Morgan fingerprint density at radius 2 is 1.72 bits per heavy atom. The lowest BCUT2D eigenvalue weighted by atomic mass is 10.1. The predicted molar refractivity (Wildman–Crippen MR) is 95.0 cm³/mol. The van der Waals surface area contributed by atoms with Crippen molar-refractivity contribution >= 4 is 23.1 Å². The molecule has 0 fully saturated rings. The fraction of sp³-hybridized carbons (Fsp3) is 0.222. The van der Waals surface area contributed by atoms with E-state index < -0.39 is 4.92 Å². The van der Waals surface area contributed by atoms with Crippen molar-refractivity contribution in [3.63, 3.8) is 0 Å². The molecule has 1 amide bonds. The summed E-state index contributed by atoms with van der Waals surface area (Å²) < 4.78 is 0. The van der Waals surface area contributed by atoms with Gasteiger partial charge < -0.3 is 10.2 Å². The molecule has 2 rings (SSSR count). The zero-order valence-corrected chi connectivity index (χ0v) is 14.3. The molecule has 0 aliphatic heterocycles. The van der Waals surface area contributed by atoms with Crippen LogP contribution in [-0.4, -0.2) is 30.7 Å². The number of rotatable bonds is 6. The third-order valence-corrected chi connectivity index (χ3v) is 3.85. The van der Waals surface area contributed by atoms with Crippen molar-refractivity contribution in [3.05, 3.63) is 69.3 Å². The Labute approximate surface area is 145 Å². The molecule has 0 saturated heterocycles. The Morgan fingerprint density at radius 1 is 1.12 bits per heavy atom. The van der Waals surface area contributed by atoms with Gasteiger partial charge in [0.25, 0.3) is 11.6 Å². The van der Waals surface area contributed by atoms with Gasteiger partial charge in [0.05, 0.1) is 4.92 Å². The van der Waals surface area contributed by atoms with E-state index in [-0.39, 0.29) is 17.4 Å². The van der Waals surface area contributed by atoms with Crippen LogP contribution >= 0.6 is 0 Å². The summed E-state index contributed by atoms with van der Waals surface area (Å²) in [6, 6.07) is 11.5. The maximum Gasteiger partial charge on any atom is 0.293 e. The molecule has 0 aliphatic carbocycles. The number of ketones is 1. The summed E-state index contributed by atoms with van der Waals surface area (Å²) in [5, 5.41) is 13.9. The Kier molecular flexibility index (Phi) is 5.49. The molecule has 130 valence electrons. The van der Waals surface area contributed by atoms with E-state index in [0.717, 1.165) is 5.56 Å². The van der Waals surface area contributed by atoms with Gasteiger partial charge in [-0.1, -0.05) is 12.1 Å². The zero-order valence-electron chi connectivity index (χ0n) is 14.3. The third kappa shape index (κ3) is 4.20. The largest absolute Gasteiger partial charge is 0.365 e. The van der Waals surface area contributed by atoms with E-state index in [1.54, 1.807) is 55.4 Å². The number of carbonyl (C=O) groups is 2. The summed E-state index contributed by atoms with van der Waals surface area (Å²) in [4.78, 5) is 35.6. The van der Waals surface area contributed by atoms with Gasteiger partial charge in [0.1, 0.15) is 5.69 Å². The van der Waals surface area contributed by atoms with Crippen LogP contribution in [0.15, 0.2) is 42.5 Å². The van der Waals surface area contributed by atoms with Crippen LogP contribution in [0.1, 0.15) is 33.2 Å². The van der Waals surface area contributed by atoms with Gasteiger partial charge in [-0.25, -0.2) is 0 Å². The van der Waals surface area contributed by atoms with Crippen molar-refractivity contribution in [3.8, 4) is 0 Å². The number of benzene rings is 2. The summed E-state index contributed by atoms with van der Waals surface area (Å²) in [5.41, 5.74) is 2.06. The minimum Gasteiger partial charge on any atom is -0.365 e. The van der Waals surface area contributed by atoms with Gasteiger partial charge in [-0.15, -0.1) is 0 Å². The predicted octanol–water partition coefficient (Wildman–Crippen LogP) is 2.79. The molecule has 25 heavy (non-hydrogen) atoms. The smallest absolute Gasteiger partial charge is 0.293 e. The van der Waals surface area contributed by atoms with Gasteiger partial charge in [-0.2, -0.15) is 0 Å². The van der Waals surface area contributed by atoms with E-state index >= 15 is 0 Å². The Balaban J connectivity index is 2.25. The zero-order chi connectivity index (χ0) is 18.6. The average molecular weight is 341 g/mol. The minimum atomic E-state index is -0.493. The molecule has 0 aliphatic rings. The minimum absolute atomic E-state index is 0.114. The molecule has 0 spiro atoms. The fourth-order valence-electron chi connectivity index (χ4n) is 2.48. The van der Waals surface area contributed by atoms with Crippen molar-refractivity contribution in [2.75, 3.05) is 19.0 Å². The van der Waals surface area contributed by atoms with E-state index in [4.69, 9.17) is 0 Å². The number of anilines is 1. The Hall–Kier alpha value is -3.22. The summed E-state index contributed by atoms with van der Waals surface area (Å²) in [6.07, 6.45) is 0. The molecule has 7 heteroatoms. The molecule has 1 N–H and O–H groups in total. The van der Waals surface area contributed by atoms with Crippen molar-refractivity contribution in [2.45, 2.75) is 13.5 Å². The second-order valence-corrected chi connectivity index (χ2v) is 5.65. The highest BCUT2D eigenvalue weighted by Gasteiger charge is 2.19. The number of nitrogens with one attached hydrogen (secondary N) is 1. The Morgan fingerprint density at radius 3 is 2.24 bits per heavy atom. The maximum atomic E-state index is 11.6. The monoisotopic (exact) mass is 341 g/mol. The molecule has 0 saturated carbocycles. The second kappa shape index (κ2) is 7.57. The first kappa shape index (κ1) is 18.1. The standard InChI is InChI=1S/C18H19N3O4/c1-12(22)15-8-9-16(17(10-15)21(24)25)20(3)11-13-4-6-14(7-5-13)18(23)19-2/h4-10H,11H2,1-3H3,(H,19,23). The molecule has 0 aromatic heterocycles. The maximum absolute atomic E-state index is 11.6. The van der Waals surface area contributed by atoms with Crippen molar-refractivity contribution in [1.82, 2.24) is 5.32 Å². The van der Waals surface area contributed by atoms with Crippen LogP contribution in [0, 0.1) is 10.1 Å². The lowest BCUT2D eigenvalue weighted by Gasteiger charge is -2.19. The van der Waals surface area contributed by atoms with Gasteiger partial charge in [-0.3, -0.25) is 19.7 Å². The summed E-state index contributed by atoms with van der Waals surface area (Å²) in [6.45, 7) is 1.80. The molecule has 0 atom stereocenters. The van der Waals surface area contributed by atoms with Crippen LogP contribution in [0.5, 0.6) is 0 Å². The number of amides is 1. The van der Waals surface area contributed by atoms with Gasteiger partial charge in [-0.05, 0) is 36.8 Å². The number of Topliss-reactive ketones (excluding diaryl/α,β-unsaturated/α-hetero) is 1. The van der Waals surface area contributed by atoms with E-state index in [0.29, 0.717) is 23.4 Å². The number of nitro benzene ring substituents is 1. The lowest BCUT2D eigenvalue weighted by Crippen LogP contribution is -2.19. The van der Waals surface area contributed by atoms with Gasteiger partial charge >= 0.3 is 0 Å². The van der Waals surface area contributed by atoms with Crippen molar-refractivity contribution in [2.24, 2.45) is 0 Å². The summed E-state index contributed by atoms with van der Waals surface area (Å²) >= 11 is 0. The number of nitrogens with zero attached hydrogens (tertiary/aromatic N) is 2. The lowest BCUT2D eigenvalue weighted by molar-refractivity contribution is -0.384. The average Bonchev–Trinajstić information content (AvgIpc) is 2.60. The topological polar surface area (TPSA) is 92.6 Å². The third-order valence-electron chi connectivity index (χ3n) is 3.85. The summed E-state index contributed by atoms with van der Waals surface area (Å²) in [7, 11) is 3.30. The first-order valence-electron chi connectivity index (χ1n) is 7.65. The van der Waals surface area contributed by atoms with Gasteiger partial charge in [0.15, 0.2) is 5.78 Å². The van der Waals surface area contributed by atoms with Crippen LogP contribution in [0.25, 0.3) is 0 Å². The van der Waals surface area contributed by atoms with Crippen LogP contribution in [0.3, 0.4) is 0 Å². The highest BCUT2D eigenvalue weighted by atomic mass is 16.6. The molecular formula is C18H19N3O4. The molecule has 7 nitrogen and oxygen atoms in total. The van der Waals surface area contributed by atoms with E-state index in [9.17, 15) is 19.7 Å². The first-order valence-corrected chi connectivity index (χ1v) is 7.65. The van der Waals surface area contributed by atoms with Crippen LogP contribution < -0.4 is 10.2 Å². The highest BCUT2D eigenvalue weighted by Crippen LogP contribution is 2.29. The molecular weight excluding hydrogens is 322 g/mol. The van der Waals surface area contributed by atoms with E-state index in [1.807, 2.05) is 0 Å². The second-order valence-electron chi connectivity index (χ2n) is 5.65. The molecule has 0 radical (unpaired) electrons. The SMILES string of the molecule is CNC(=O)c1ccc(CN(C)c2ccc(C(C)=O)cc2[N+](=O)[O-])cc1.